The summed E-state index contributed by atoms with van der Waals surface area (Å²) in [5.74, 6) is 0. The van der Waals surface area contributed by atoms with E-state index < -0.39 is 10.0 Å². The van der Waals surface area contributed by atoms with Gasteiger partial charge in [0.1, 0.15) is 11.0 Å². The van der Waals surface area contributed by atoms with Crippen LogP contribution in [-0.4, -0.2) is 8.42 Å². The lowest BCUT2D eigenvalue weighted by atomic mass is 10.2. The molecule has 21 heavy (non-hydrogen) atoms. The van der Waals surface area contributed by atoms with Crippen molar-refractivity contribution in [1.29, 1.82) is 5.26 Å². The van der Waals surface area contributed by atoms with Gasteiger partial charge in [-0.3, -0.25) is 4.72 Å². The van der Waals surface area contributed by atoms with Crippen molar-refractivity contribution in [2.75, 3.05) is 10.5 Å². The predicted octanol–water partition coefficient (Wildman–Crippen LogP) is 3.47. The number of nitrogen functional groups attached to an aromatic ring is 1. The first kappa shape index (κ1) is 15.8. The summed E-state index contributed by atoms with van der Waals surface area (Å²) in [4.78, 5) is -0.117. The Labute approximate surface area is 139 Å². The first-order valence-electron chi connectivity index (χ1n) is 5.61. The summed E-state index contributed by atoms with van der Waals surface area (Å²) in [6.45, 7) is 0. The molecule has 0 aliphatic carbocycles. The lowest BCUT2D eigenvalue weighted by molar-refractivity contribution is 0.601. The number of hydrogen-bond acceptors (Lipinski definition) is 4. The fourth-order valence-electron chi connectivity index (χ4n) is 1.64. The molecular formula is C13H9Br2N3O2S. The zero-order chi connectivity index (χ0) is 15.6. The molecule has 2 rings (SSSR count). The van der Waals surface area contributed by atoms with Crippen LogP contribution in [0.5, 0.6) is 0 Å². The Bertz CT molecular complexity index is 845. The van der Waals surface area contributed by atoms with Crippen LogP contribution in [0.15, 0.2) is 50.2 Å². The monoisotopic (exact) mass is 429 g/mol. The number of nitrogens with one attached hydrogen (secondary N) is 1. The predicted molar refractivity (Wildman–Crippen MR) is 88.2 cm³/mol. The van der Waals surface area contributed by atoms with Gasteiger partial charge in [-0.15, -0.1) is 0 Å². The van der Waals surface area contributed by atoms with E-state index in [0.717, 1.165) is 4.47 Å². The zero-order valence-corrected chi connectivity index (χ0v) is 14.5. The minimum absolute atomic E-state index is 0.00395. The molecule has 5 nitrogen and oxygen atoms in total. The summed E-state index contributed by atoms with van der Waals surface area (Å²) in [5, 5.41) is 9.05. The van der Waals surface area contributed by atoms with E-state index in [1.807, 2.05) is 6.07 Å². The van der Waals surface area contributed by atoms with Crippen molar-refractivity contribution >= 4 is 53.3 Å². The molecule has 0 atom stereocenters. The maximum Gasteiger partial charge on any atom is 0.263 e. The van der Waals surface area contributed by atoms with Crippen molar-refractivity contribution in [3.8, 4) is 6.07 Å². The van der Waals surface area contributed by atoms with Crippen LogP contribution in [-0.2, 0) is 10.0 Å². The summed E-state index contributed by atoms with van der Waals surface area (Å²) in [5.41, 5.74) is 6.26. The molecule has 0 spiro atoms. The number of rotatable bonds is 3. The molecule has 2 aromatic carbocycles. The van der Waals surface area contributed by atoms with Crippen molar-refractivity contribution in [3.63, 3.8) is 0 Å². The number of sulfonamides is 1. The van der Waals surface area contributed by atoms with Crippen molar-refractivity contribution in [1.82, 2.24) is 0 Å². The van der Waals surface area contributed by atoms with E-state index >= 15 is 0 Å². The molecule has 0 radical (unpaired) electrons. The van der Waals surface area contributed by atoms with Crippen LogP contribution in [0.3, 0.4) is 0 Å². The van der Waals surface area contributed by atoms with E-state index in [-0.39, 0.29) is 10.5 Å². The number of nitrogens with two attached hydrogens (primary N) is 1. The highest BCUT2D eigenvalue weighted by molar-refractivity contribution is 9.11. The number of halogens is 2. The molecule has 0 saturated heterocycles. The molecular weight excluding hydrogens is 422 g/mol. The molecule has 0 heterocycles. The topological polar surface area (TPSA) is 96.0 Å². The highest BCUT2D eigenvalue weighted by atomic mass is 79.9. The van der Waals surface area contributed by atoms with E-state index in [9.17, 15) is 8.42 Å². The smallest absolute Gasteiger partial charge is 0.263 e. The maximum absolute atomic E-state index is 12.4. The van der Waals surface area contributed by atoms with Gasteiger partial charge in [-0.2, -0.15) is 5.26 Å². The second-order valence-electron chi connectivity index (χ2n) is 4.10. The van der Waals surface area contributed by atoms with Gasteiger partial charge in [-0.05, 0) is 52.3 Å². The molecule has 8 heteroatoms. The van der Waals surface area contributed by atoms with Crippen molar-refractivity contribution in [2.45, 2.75) is 4.90 Å². The fraction of sp³-hybridized carbons (Fsp3) is 0. The maximum atomic E-state index is 12.4. The minimum atomic E-state index is -3.88. The van der Waals surface area contributed by atoms with Gasteiger partial charge in [-0.1, -0.05) is 15.9 Å². The Morgan fingerprint density at radius 2 is 1.86 bits per heavy atom. The molecule has 0 amide bonds. The van der Waals surface area contributed by atoms with Gasteiger partial charge in [-0.25, -0.2) is 8.42 Å². The zero-order valence-electron chi connectivity index (χ0n) is 10.5. The summed E-state index contributed by atoms with van der Waals surface area (Å²) >= 11 is 6.57. The quantitative estimate of drug-likeness (QED) is 0.728. The molecule has 0 unspecified atom stereocenters. The highest BCUT2D eigenvalue weighted by Gasteiger charge is 2.20. The molecule has 2 aromatic rings. The van der Waals surface area contributed by atoms with Crippen LogP contribution < -0.4 is 10.5 Å². The number of hydrogen-bond donors (Lipinski definition) is 2. The molecule has 108 valence electrons. The Morgan fingerprint density at radius 3 is 2.48 bits per heavy atom. The Morgan fingerprint density at radius 1 is 1.14 bits per heavy atom. The molecule has 3 N–H and O–H groups in total. The molecule has 0 fully saturated rings. The average molecular weight is 431 g/mol. The van der Waals surface area contributed by atoms with Crippen LogP contribution in [0.1, 0.15) is 5.56 Å². The first-order valence-corrected chi connectivity index (χ1v) is 8.68. The first-order chi connectivity index (χ1) is 9.83. The van der Waals surface area contributed by atoms with Crippen LogP contribution in [0.4, 0.5) is 11.4 Å². The highest BCUT2D eigenvalue weighted by Crippen LogP contribution is 2.29. The lowest BCUT2D eigenvalue weighted by Gasteiger charge is -2.11. The summed E-state index contributed by atoms with van der Waals surface area (Å²) in [6.07, 6.45) is 0. The van der Waals surface area contributed by atoms with Gasteiger partial charge < -0.3 is 5.73 Å². The number of benzene rings is 2. The fourth-order valence-corrected chi connectivity index (χ4v) is 4.14. The van der Waals surface area contributed by atoms with Gasteiger partial charge in [0.15, 0.2) is 0 Å². The SMILES string of the molecule is N#Cc1cc(N)ccc1S(=O)(=O)Nc1ccc(Br)cc1Br. The molecule has 0 bridgehead atoms. The van der Waals surface area contributed by atoms with Gasteiger partial charge in [0.05, 0.1) is 11.3 Å². The normalized spacial score (nSPS) is 10.9. The van der Waals surface area contributed by atoms with Crippen LogP contribution in [0.2, 0.25) is 0 Å². The Hall–Kier alpha value is -1.56. The van der Waals surface area contributed by atoms with E-state index in [1.165, 1.54) is 18.2 Å². The molecule has 0 aromatic heterocycles. The largest absolute Gasteiger partial charge is 0.399 e. The number of anilines is 2. The van der Waals surface area contributed by atoms with Crippen molar-refractivity contribution in [2.24, 2.45) is 0 Å². The third-order valence-corrected chi connectivity index (χ3v) is 5.16. The molecule has 0 saturated carbocycles. The van der Waals surface area contributed by atoms with Gasteiger partial charge in [0.2, 0.25) is 0 Å². The van der Waals surface area contributed by atoms with E-state index in [2.05, 4.69) is 36.6 Å². The Balaban J connectivity index is 2.46. The average Bonchev–Trinajstić information content (AvgIpc) is 2.41. The summed E-state index contributed by atoms with van der Waals surface area (Å²) in [7, 11) is -3.88. The second kappa shape index (κ2) is 6.05. The van der Waals surface area contributed by atoms with Crippen LogP contribution in [0.25, 0.3) is 0 Å². The van der Waals surface area contributed by atoms with Gasteiger partial charge in [0, 0.05) is 14.6 Å². The van der Waals surface area contributed by atoms with E-state index in [4.69, 9.17) is 11.0 Å². The van der Waals surface area contributed by atoms with E-state index in [1.54, 1.807) is 18.2 Å². The third kappa shape index (κ3) is 3.56. The van der Waals surface area contributed by atoms with Gasteiger partial charge in [0.25, 0.3) is 10.0 Å². The Kier molecular flexibility index (Phi) is 4.56. The minimum Gasteiger partial charge on any atom is -0.399 e. The van der Waals surface area contributed by atoms with Crippen molar-refractivity contribution < 1.29 is 8.42 Å². The molecule has 0 aliphatic heterocycles. The third-order valence-electron chi connectivity index (χ3n) is 2.59. The molecule has 0 aliphatic rings. The van der Waals surface area contributed by atoms with Gasteiger partial charge >= 0.3 is 0 Å². The summed E-state index contributed by atoms with van der Waals surface area (Å²) < 4.78 is 28.6. The summed E-state index contributed by atoms with van der Waals surface area (Å²) in [6, 6.07) is 10.9. The van der Waals surface area contributed by atoms with Crippen LogP contribution in [0, 0.1) is 11.3 Å². The van der Waals surface area contributed by atoms with Crippen LogP contribution >= 0.6 is 31.9 Å². The second-order valence-corrected chi connectivity index (χ2v) is 7.52. The van der Waals surface area contributed by atoms with E-state index in [0.29, 0.717) is 15.8 Å². The number of nitrogens with zero attached hydrogens (tertiary/aromatic N) is 1. The number of nitriles is 1. The lowest BCUT2D eigenvalue weighted by Crippen LogP contribution is -2.15. The standard InChI is InChI=1S/C13H9Br2N3O2S/c14-9-1-3-12(11(15)6-9)18-21(19,20)13-4-2-10(17)5-8(13)7-16/h1-6,18H,17H2. The van der Waals surface area contributed by atoms with Crippen molar-refractivity contribution in [3.05, 3.63) is 50.9 Å².